The van der Waals surface area contributed by atoms with Crippen molar-refractivity contribution in [3.8, 4) is 0 Å². The summed E-state index contributed by atoms with van der Waals surface area (Å²) in [5, 5.41) is 5.46. The number of hydrogen-bond donors (Lipinski definition) is 2. The van der Waals surface area contributed by atoms with Crippen LogP contribution in [0.25, 0.3) is 0 Å². The standard InChI is InChI=1S/C18H19F3N2O/c1-11(2)18(12-3-5-13(19)6-4-12)22-10-17(24)23-16-8-7-14(20)9-15(16)21/h3-9,11,18,22H,10H2,1-2H3,(H,23,24)/t18-/m0/s1. The lowest BCUT2D eigenvalue weighted by molar-refractivity contribution is -0.115. The van der Waals surface area contributed by atoms with Crippen LogP contribution in [0.5, 0.6) is 0 Å². The van der Waals surface area contributed by atoms with Crippen LogP contribution in [0, 0.1) is 23.4 Å². The predicted octanol–water partition coefficient (Wildman–Crippen LogP) is 4.03. The molecule has 1 amide bonds. The molecule has 24 heavy (non-hydrogen) atoms. The van der Waals surface area contributed by atoms with Crippen LogP contribution in [0.4, 0.5) is 18.9 Å². The van der Waals surface area contributed by atoms with E-state index in [0.29, 0.717) is 6.07 Å². The summed E-state index contributed by atoms with van der Waals surface area (Å²) in [6, 6.07) is 8.83. The molecular weight excluding hydrogens is 317 g/mol. The van der Waals surface area contributed by atoms with Crippen molar-refractivity contribution < 1.29 is 18.0 Å². The Morgan fingerprint density at radius 3 is 2.21 bits per heavy atom. The van der Waals surface area contributed by atoms with Gasteiger partial charge in [0.2, 0.25) is 5.91 Å². The molecule has 2 aromatic rings. The van der Waals surface area contributed by atoms with E-state index in [1.165, 1.54) is 18.2 Å². The van der Waals surface area contributed by atoms with E-state index < -0.39 is 17.5 Å². The Hall–Kier alpha value is -2.34. The summed E-state index contributed by atoms with van der Waals surface area (Å²) in [5.41, 5.74) is 0.776. The van der Waals surface area contributed by atoms with Crippen molar-refractivity contribution in [3.63, 3.8) is 0 Å². The number of amides is 1. The fourth-order valence-corrected chi connectivity index (χ4v) is 2.40. The second-order valence-electron chi connectivity index (χ2n) is 5.83. The van der Waals surface area contributed by atoms with Crippen LogP contribution in [0.15, 0.2) is 42.5 Å². The molecule has 3 nitrogen and oxygen atoms in total. The topological polar surface area (TPSA) is 41.1 Å². The van der Waals surface area contributed by atoms with Gasteiger partial charge in [-0.3, -0.25) is 4.79 Å². The zero-order valence-corrected chi connectivity index (χ0v) is 13.4. The minimum absolute atomic E-state index is 0.0585. The molecule has 0 spiro atoms. The molecule has 0 aromatic heterocycles. The first-order valence-corrected chi connectivity index (χ1v) is 7.60. The van der Waals surface area contributed by atoms with Gasteiger partial charge in [0, 0.05) is 12.1 Å². The fourth-order valence-electron chi connectivity index (χ4n) is 2.40. The van der Waals surface area contributed by atoms with Crippen molar-refractivity contribution in [1.29, 1.82) is 0 Å². The number of nitrogens with one attached hydrogen (secondary N) is 2. The maximum Gasteiger partial charge on any atom is 0.238 e. The Morgan fingerprint density at radius 1 is 1.00 bits per heavy atom. The van der Waals surface area contributed by atoms with Gasteiger partial charge in [-0.05, 0) is 35.7 Å². The summed E-state index contributed by atoms with van der Waals surface area (Å²) in [5.74, 6) is -2.16. The number of carbonyl (C=O) groups excluding carboxylic acids is 1. The van der Waals surface area contributed by atoms with E-state index in [0.717, 1.165) is 11.6 Å². The van der Waals surface area contributed by atoms with E-state index in [9.17, 15) is 18.0 Å². The smallest absolute Gasteiger partial charge is 0.238 e. The van der Waals surface area contributed by atoms with Gasteiger partial charge in [-0.2, -0.15) is 0 Å². The molecule has 128 valence electrons. The van der Waals surface area contributed by atoms with E-state index in [1.54, 1.807) is 12.1 Å². The van der Waals surface area contributed by atoms with Gasteiger partial charge in [-0.1, -0.05) is 26.0 Å². The second-order valence-corrected chi connectivity index (χ2v) is 5.83. The largest absolute Gasteiger partial charge is 0.322 e. The summed E-state index contributed by atoms with van der Waals surface area (Å²) in [4.78, 5) is 12.0. The molecule has 0 aliphatic rings. The van der Waals surface area contributed by atoms with Crippen molar-refractivity contribution in [1.82, 2.24) is 5.32 Å². The van der Waals surface area contributed by atoms with Crippen LogP contribution < -0.4 is 10.6 Å². The van der Waals surface area contributed by atoms with Gasteiger partial charge in [-0.25, -0.2) is 13.2 Å². The Bertz CT molecular complexity index is 702. The third-order valence-corrected chi connectivity index (χ3v) is 3.58. The van der Waals surface area contributed by atoms with Crippen LogP contribution in [0.1, 0.15) is 25.5 Å². The normalized spacial score (nSPS) is 12.2. The third kappa shape index (κ3) is 4.83. The molecule has 2 rings (SSSR count). The van der Waals surface area contributed by atoms with Gasteiger partial charge in [0.1, 0.15) is 17.5 Å². The van der Waals surface area contributed by atoms with Crippen molar-refractivity contribution in [2.75, 3.05) is 11.9 Å². The molecule has 0 unspecified atom stereocenters. The summed E-state index contributed by atoms with van der Waals surface area (Å²) in [6.07, 6.45) is 0. The molecule has 2 N–H and O–H groups in total. The lowest BCUT2D eigenvalue weighted by Crippen LogP contribution is -2.33. The summed E-state index contributed by atoms with van der Waals surface area (Å²) in [7, 11) is 0. The Morgan fingerprint density at radius 2 is 1.62 bits per heavy atom. The van der Waals surface area contributed by atoms with Crippen LogP contribution >= 0.6 is 0 Å². The molecule has 0 aliphatic heterocycles. The average molecular weight is 336 g/mol. The van der Waals surface area contributed by atoms with Gasteiger partial charge in [0.15, 0.2) is 0 Å². The first-order valence-electron chi connectivity index (χ1n) is 7.60. The molecule has 0 fully saturated rings. The van der Waals surface area contributed by atoms with Crippen molar-refractivity contribution in [2.45, 2.75) is 19.9 Å². The highest BCUT2D eigenvalue weighted by atomic mass is 19.1. The van der Waals surface area contributed by atoms with Crippen molar-refractivity contribution >= 4 is 11.6 Å². The van der Waals surface area contributed by atoms with Crippen LogP contribution in [-0.2, 0) is 4.79 Å². The van der Waals surface area contributed by atoms with E-state index in [4.69, 9.17) is 0 Å². The molecule has 0 radical (unpaired) electrons. The highest BCUT2D eigenvalue weighted by Gasteiger charge is 2.17. The number of rotatable bonds is 6. The van der Waals surface area contributed by atoms with Crippen LogP contribution in [-0.4, -0.2) is 12.5 Å². The lowest BCUT2D eigenvalue weighted by Gasteiger charge is -2.23. The number of anilines is 1. The lowest BCUT2D eigenvalue weighted by atomic mass is 9.96. The molecule has 0 saturated heterocycles. The average Bonchev–Trinajstić information content (AvgIpc) is 2.52. The van der Waals surface area contributed by atoms with Gasteiger partial charge in [0.25, 0.3) is 0 Å². The van der Waals surface area contributed by atoms with Gasteiger partial charge in [0.05, 0.1) is 12.2 Å². The van der Waals surface area contributed by atoms with E-state index in [1.807, 2.05) is 13.8 Å². The Balaban J connectivity index is 1.98. The zero-order valence-electron chi connectivity index (χ0n) is 13.4. The van der Waals surface area contributed by atoms with Gasteiger partial charge in [-0.15, -0.1) is 0 Å². The molecule has 0 heterocycles. The van der Waals surface area contributed by atoms with Crippen molar-refractivity contribution in [3.05, 3.63) is 65.5 Å². The van der Waals surface area contributed by atoms with E-state index >= 15 is 0 Å². The van der Waals surface area contributed by atoms with E-state index in [-0.39, 0.29) is 30.0 Å². The van der Waals surface area contributed by atoms with Gasteiger partial charge < -0.3 is 10.6 Å². The van der Waals surface area contributed by atoms with Crippen LogP contribution in [0.3, 0.4) is 0 Å². The molecule has 2 aromatic carbocycles. The summed E-state index contributed by atoms with van der Waals surface area (Å²) in [6.45, 7) is 3.88. The number of halogens is 3. The minimum Gasteiger partial charge on any atom is -0.322 e. The number of carbonyl (C=O) groups is 1. The van der Waals surface area contributed by atoms with Crippen LogP contribution in [0.2, 0.25) is 0 Å². The summed E-state index contributed by atoms with van der Waals surface area (Å²) < 4.78 is 39.4. The number of hydrogen-bond acceptors (Lipinski definition) is 2. The second kappa shape index (κ2) is 7.97. The maximum atomic E-state index is 13.5. The monoisotopic (exact) mass is 336 g/mol. The highest BCUT2D eigenvalue weighted by Crippen LogP contribution is 2.22. The Kier molecular flexibility index (Phi) is 5.98. The molecule has 0 saturated carbocycles. The highest BCUT2D eigenvalue weighted by molar-refractivity contribution is 5.92. The SMILES string of the molecule is CC(C)[C@H](NCC(=O)Nc1ccc(F)cc1F)c1ccc(F)cc1. The molecular formula is C18H19F3N2O. The molecule has 6 heteroatoms. The predicted molar refractivity (Wildman–Crippen MR) is 87.0 cm³/mol. The van der Waals surface area contributed by atoms with Gasteiger partial charge >= 0.3 is 0 Å². The third-order valence-electron chi connectivity index (χ3n) is 3.58. The first kappa shape index (κ1) is 18.0. The van der Waals surface area contributed by atoms with Crippen molar-refractivity contribution in [2.24, 2.45) is 5.92 Å². The first-order chi connectivity index (χ1) is 11.4. The fraction of sp³-hybridized carbons (Fsp3) is 0.278. The molecule has 0 bridgehead atoms. The summed E-state index contributed by atoms with van der Waals surface area (Å²) >= 11 is 0. The zero-order chi connectivity index (χ0) is 17.7. The maximum absolute atomic E-state index is 13.5. The molecule has 0 aliphatic carbocycles. The Labute approximate surface area is 138 Å². The van der Waals surface area contributed by atoms with E-state index in [2.05, 4.69) is 10.6 Å². The number of benzene rings is 2. The minimum atomic E-state index is -0.831. The quantitative estimate of drug-likeness (QED) is 0.836. The molecule has 1 atom stereocenters.